The third kappa shape index (κ3) is 10.5. The average Bonchev–Trinajstić information content (AvgIpc) is 3.64. The molecular formula is C31H41N4O10PS-2. The number of ether oxygens (including phenoxy) is 3. The number of nitrogens with zero attached hydrogens (tertiary/aromatic N) is 2. The topological polar surface area (TPSA) is 202 Å². The molecule has 2 N–H and O–H groups in total. The van der Waals surface area contributed by atoms with Crippen LogP contribution >= 0.6 is 7.82 Å². The lowest BCUT2D eigenvalue weighted by atomic mass is 9.88. The zero-order chi connectivity index (χ0) is 34.2. The molecule has 2 aromatic rings. The lowest BCUT2D eigenvalue weighted by Crippen LogP contribution is -2.53. The zero-order valence-corrected chi connectivity index (χ0v) is 28.3. The van der Waals surface area contributed by atoms with Gasteiger partial charge in [0.15, 0.2) is 6.29 Å². The first kappa shape index (κ1) is 36.8. The highest BCUT2D eigenvalue weighted by atomic mass is 32.2. The first-order valence-corrected chi connectivity index (χ1v) is 18.2. The van der Waals surface area contributed by atoms with Crippen molar-refractivity contribution in [1.29, 1.82) is 5.26 Å². The summed E-state index contributed by atoms with van der Waals surface area (Å²) in [4.78, 5) is 37.5. The second-order valence-electron chi connectivity index (χ2n) is 12.4. The number of fused-ring (bicyclic) bond motifs is 1. The smallest absolute Gasteiger partial charge is 0.407 e. The van der Waals surface area contributed by atoms with Gasteiger partial charge in [-0.05, 0) is 48.4 Å². The molecular weight excluding hydrogens is 651 g/mol. The lowest BCUT2D eigenvalue weighted by molar-refractivity contribution is -0.345. The minimum Gasteiger partial charge on any atom is -0.790 e. The molecule has 47 heavy (non-hydrogen) atoms. The number of phosphoric acid groups is 1. The molecule has 5 atom stereocenters. The number of nitriles is 1. The maximum absolute atomic E-state index is 14.2. The van der Waals surface area contributed by atoms with E-state index in [0.29, 0.717) is 30.7 Å². The largest absolute Gasteiger partial charge is 0.790 e. The summed E-state index contributed by atoms with van der Waals surface area (Å²) in [6.07, 6.45) is -2.63. The number of hydrogen-bond donors (Lipinski definition) is 2. The predicted octanol–water partition coefficient (Wildman–Crippen LogP) is 2.36. The van der Waals surface area contributed by atoms with Crippen molar-refractivity contribution in [1.82, 2.24) is 9.62 Å². The van der Waals surface area contributed by atoms with Crippen LogP contribution in [0.3, 0.4) is 0 Å². The van der Waals surface area contributed by atoms with E-state index in [4.69, 9.17) is 18.7 Å². The number of phosphoric ester groups is 1. The fourth-order valence-corrected chi connectivity index (χ4v) is 8.01. The molecule has 0 radical (unpaired) electrons. The third-order valence-electron chi connectivity index (χ3n) is 8.22. The van der Waals surface area contributed by atoms with E-state index in [1.54, 1.807) is 63.4 Å². The zero-order valence-electron chi connectivity index (χ0n) is 26.6. The molecule has 258 valence electrons. The number of hydrogen-bond acceptors (Lipinski definition) is 12. The summed E-state index contributed by atoms with van der Waals surface area (Å²) >= 11 is 0. The van der Waals surface area contributed by atoms with Gasteiger partial charge in [-0.2, -0.15) is 9.57 Å². The quantitative estimate of drug-likeness (QED) is 0.244. The first-order chi connectivity index (χ1) is 22.2. The third-order valence-corrected chi connectivity index (χ3v) is 10.6. The Morgan fingerprint density at radius 1 is 1.19 bits per heavy atom. The average molecular weight is 693 g/mol. The van der Waals surface area contributed by atoms with Gasteiger partial charge >= 0.3 is 6.09 Å². The minimum atomic E-state index is -5.73. The van der Waals surface area contributed by atoms with Crippen LogP contribution in [0.2, 0.25) is 0 Å². The molecule has 2 fully saturated rings. The van der Waals surface area contributed by atoms with Gasteiger partial charge in [0.25, 0.3) is 0 Å². The van der Waals surface area contributed by atoms with Gasteiger partial charge in [-0.15, -0.1) is 0 Å². The lowest BCUT2D eigenvalue weighted by Gasteiger charge is -2.40. The van der Waals surface area contributed by atoms with Gasteiger partial charge in [0.05, 0.1) is 50.1 Å². The molecule has 5 unspecified atom stereocenters. The first-order valence-electron chi connectivity index (χ1n) is 15.3. The Morgan fingerprint density at radius 2 is 1.94 bits per heavy atom. The fourth-order valence-electron chi connectivity index (χ4n) is 5.77. The van der Waals surface area contributed by atoms with E-state index in [1.807, 2.05) is 0 Å². The van der Waals surface area contributed by atoms with Crippen LogP contribution in [0.1, 0.15) is 38.7 Å². The van der Waals surface area contributed by atoms with Crippen molar-refractivity contribution in [3.63, 3.8) is 0 Å². The van der Waals surface area contributed by atoms with Crippen LogP contribution in [0.5, 0.6) is 0 Å². The van der Waals surface area contributed by atoms with Crippen LogP contribution in [0.4, 0.5) is 10.5 Å². The van der Waals surface area contributed by atoms with E-state index in [9.17, 15) is 32.8 Å². The molecule has 4 rings (SSSR count). The number of sulfonamides is 1. The Labute approximate surface area is 275 Å². The highest BCUT2D eigenvalue weighted by Gasteiger charge is 2.44. The van der Waals surface area contributed by atoms with Crippen molar-refractivity contribution < 1.29 is 46.3 Å². The Kier molecular flexibility index (Phi) is 12.4. The summed E-state index contributed by atoms with van der Waals surface area (Å²) in [6.45, 7) is 3.34. The highest BCUT2D eigenvalue weighted by Crippen LogP contribution is 2.35. The molecule has 14 nitrogen and oxygen atoms in total. The second-order valence-corrected chi connectivity index (χ2v) is 15.4. The van der Waals surface area contributed by atoms with Crippen molar-refractivity contribution in [3.05, 3.63) is 60.2 Å². The highest BCUT2D eigenvalue weighted by molar-refractivity contribution is 7.89. The Bertz CT molecular complexity index is 1550. The SMILES string of the molecule is CNc1cccc(S(=O)(=O)N(CC(OP(=O)([O-])[O-])C(Cc2ccccc2)NC(=O)OC2COC3OCCC23)CC(C)(C)CCC#N)c1. The van der Waals surface area contributed by atoms with Gasteiger partial charge in [0.1, 0.15) is 6.10 Å². The van der Waals surface area contributed by atoms with Gasteiger partial charge in [0.2, 0.25) is 10.0 Å². The van der Waals surface area contributed by atoms with Crippen molar-refractivity contribution in [3.8, 4) is 6.07 Å². The second kappa shape index (κ2) is 15.9. The van der Waals surface area contributed by atoms with Gasteiger partial charge in [-0.1, -0.05) is 50.2 Å². The van der Waals surface area contributed by atoms with Crippen LogP contribution in [0.15, 0.2) is 59.5 Å². The van der Waals surface area contributed by atoms with Gasteiger partial charge in [-0.3, -0.25) is 0 Å². The Balaban J connectivity index is 1.70. The number of anilines is 1. The van der Waals surface area contributed by atoms with Crippen molar-refractivity contribution in [2.45, 2.75) is 69.0 Å². The van der Waals surface area contributed by atoms with Crippen molar-refractivity contribution in [2.24, 2.45) is 11.3 Å². The van der Waals surface area contributed by atoms with Crippen LogP contribution in [-0.4, -0.2) is 76.7 Å². The molecule has 16 heteroatoms. The van der Waals surface area contributed by atoms with Gasteiger partial charge in [-0.25, -0.2) is 13.2 Å². The number of benzene rings is 2. The maximum atomic E-state index is 14.2. The Hall–Kier alpha value is -3.06. The number of nitrogens with one attached hydrogen (secondary N) is 2. The van der Waals surface area contributed by atoms with E-state index in [0.717, 1.165) is 4.31 Å². The summed E-state index contributed by atoms with van der Waals surface area (Å²) in [5.41, 5.74) is 0.413. The number of alkyl carbamates (subject to hydrolysis) is 1. The minimum absolute atomic E-state index is 0.0299. The van der Waals surface area contributed by atoms with Crippen LogP contribution in [0, 0.1) is 22.7 Å². The molecule has 0 aliphatic carbocycles. The van der Waals surface area contributed by atoms with E-state index < -0.39 is 60.4 Å². The number of carbonyl (C=O) groups excluding carboxylic acids is 1. The molecule has 0 bridgehead atoms. The van der Waals surface area contributed by atoms with Crippen molar-refractivity contribution >= 4 is 29.6 Å². The standard InChI is InChI=1S/C31H43N4O10PS/c1-31(2,14-8-15-32)21-35(47(40,41)24-12-7-11-23(18-24)33-3)19-27(45-46(37,38)39)26(17-22-9-5-4-6-10-22)34-30(36)44-28-20-43-29-25(28)13-16-42-29/h4-7,9-12,18,25-29,33H,8,13-14,16-17,19-21H2,1-3H3,(H,34,36)(H2,37,38,39)/p-2. The molecule has 2 aromatic carbocycles. The normalized spacial score (nSPS) is 21.1. The van der Waals surface area contributed by atoms with Crippen LogP contribution in [-0.2, 0) is 39.7 Å². The van der Waals surface area contributed by atoms with E-state index >= 15 is 0 Å². The maximum Gasteiger partial charge on any atom is 0.407 e. The van der Waals surface area contributed by atoms with Gasteiger partial charge in [0, 0.05) is 32.2 Å². The number of rotatable bonds is 16. The van der Waals surface area contributed by atoms with E-state index in [1.165, 1.54) is 12.1 Å². The fraction of sp³-hybridized carbons (Fsp3) is 0.548. The monoisotopic (exact) mass is 692 g/mol. The summed E-state index contributed by atoms with van der Waals surface area (Å²) in [6, 6.07) is 15.6. The summed E-state index contributed by atoms with van der Waals surface area (Å²) in [5, 5.41) is 14.8. The summed E-state index contributed by atoms with van der Waals surface area (Å²) < 4.78 is 63.4. The van der Waals surface area contributed by atoms with Crippen LogP contribution < -0.4 is 20.4 Å². The molecule has 0 spiro atoms. The summed E-state index contributed by atoms with van der Waals surface area (Å²) in [7, 11) is -8.44. The Morgan fingerprint density at radius 3 is 2.62 bits per heavy atom. The molecule has 2 heterocycles. The molecule has 2 saturated heterocycles. The molecule has 2 aliphatic rings. The molecule has 0 aromatic heterocycles. The van der Waals surface area contributed by atoms with Gasteiger partial charge < -0.3 is 43.7 Å². The summed E-state index contributed by atoms with van der Waals surface area (Å²) in [5.74, 6) is -0.173. The van der Waals surface area contributed by atoms with E-state index in [-0.39, 0.29) is 36.8 Å². The van der Waals surface area contributed by atoms with Crippen molar-refractivity contribution in [2.75, 3.05) is 38.7 Å². The van der Waals surface area contributed by atoms with Crippen LogP contribution in [0.25, 0.3) is 0 Å². The number of carbonyl (C=O) groups is 1. The molecule has 2 aliphatic heterocycles. The van der Waals surface area contributed by atoms with E-state index in [2.05, 4.69) is 16.7 Å². The number of amides is 1. The predicted molar refractivity (Wildman–Crippen MR) is 167 cm³/mol. The molecule has 1 amide bonds. The molecule has 0 saturated carbocycles.